The standard InChI is InChI=1S/C16H27NO/c1-6-8-13(3)17-11-14(4)18-16-10-7-9-12(2)15(16)5/h7,9-10,13-14,17H,6,8,11H2,1-5H3. The molecule has 0 aliphatic rings. The first-order valence-electron chi connectivity index (χ1n) is 7.00. The van der Waals surface area contributed by atoms with E-state index in [-0.39, 0.29) is 6.10 Å². The molecule has 2 nitrogen and oxygen atoms in total. The van der Waals surface area contributed by atoms with Crippen molar-refractivity contribution in [1.82, 2.24) is 5.32 Å². The van der Waals surface area contributed by atoms with Crippen molar-refractivity contribution in [2.75, 3.05) is 6.54 Å². The van der Waals surface area contributed by atoms with Crippen molar-refractivity contribution in [3.8, 4) is 5.75 Å². The average Bonchev–Trinajstić information content (AvgIpc) is 2.33. The van der Waals surface area contributed by atoms with Crippen LogP contribution in [-0.2, 0) is 0 Å². The second-order valence-corrected chi connectivity index (χ2v) is 5.22. The molecule has 0 saturated carbocycles. The summed E-state index contributed by atoms with van der Waals surface area (Å²) >= 11 is 0. The average molecular weight is 249 g/mol. The second kappa shape index (κ2) is 7.42. The van der Waals surface area contributed by atoms with Gasteiger partial charge in [-0.2, -0.15) is 0 Å². The zero-order chi connectivity index (χ0) is 13.5. The largest absolute Gasteiger partial charge is 0.489 e. The molecule has 1 aromatic rings. The van der Waals surface area contributed by atoms with Gasteiger partial charge in [0.1, 0.15) is 11.9 Å². The first kappa shape index (κ1) is 15.0. The van der Waals surface area contributed by atoms with E-state index in [1.54, 1.807) is 0 Å². The van der Waals surface area contributed by atoms with Crippen LogP contribution in [0.25, 0.3) is 0 Å². The number of hydrogen-bond donors (Lipinski definition) is 1. The van der Waals surface area contributed by atoms with Crippen LogP contribution in [0.2, 0.25) is 0 Å². The molecule has 0 saturated heterocycles. The Morgan fingerprint density at radius 2 is 1.94 bits per heavy atom. The lowest BCUT2D eigenvalue weighted by molar-refractivity contribution is 0.210. The Hall–Kier alpha value is -1.02. The molecule has 0 heterocycles. The summed E-state index contributed by atoms with van der Waals surface area (Å²) in [4.78, 5) is 0. The third-order valence-electron chi connectivity index (χ3n) is 3.36. The minimum atomic E-state index is 0.199. The van der Waals surface area contributed by atoms with Gasteiger partial charge in [-0.05, 0) is 51.3 Å². The Morgan fingerprint density at radius 3 is 2.61 bits per heavy atom. The van der Waals surface area contributed by atoms with Crippen LogP contribution in [0.1, 0.15) is 44.7 Å². The molecular formula is C16H27NO. The molecule has 0 aliphatic heterocycles. The van der Waals surface area contributed by atoms with Gasteiger partial charge in [0, 0.05) is 12.6 Å². The lowest BCUT2D eigenvalue weighted by Gasteiger charge is -2.20. The third-order valence-corrected chi connectivity index (χ3v) is 3.36. The zero-order valence-corrected chi connectivity index (χ0v) is 12.4. The highest BCUT2D eigenvalue weighted by Gasteiger charge is 2.08. The van der Waals surface area contributed by atoms with E-state index in [1.165, 1.54) is 24.0 Å². The van der Waals surface area contributed by atoms with E-state index in [2.05, 4.69) is 52.1 Å². The molecule has 0 amide bonds. The number of ether oxygens (including phenoxy) is 1. The minimum absolute atomic E-state index is 0.199. The highest BCUT2D eigenvalue weighted by atomic mass is 16.5. The van der Waals surface area contributed by atoms with Gasteiger partial charge in [0.15, 0.2) is 0 Å². The molecule has 0 radical (unpaired) electrons. The van der Waals surface area contributed by atoms with Crippen molar-refractivity contribution in [2.45, 2.75) is 59.6 Å². The third kappa shape index (κ3) is 4.69. The molecule has 0 aromatic heterocycles. The second-order valence-electron chi connectivity index (χ2n) is 5.22. The van der Waals surface area contributed by atoms with Crippen LogP contribution in [0.3, 0.4) is 0 Å². The van der Waals surface area contributed by atoms with Crippen LogP contribution < -0.4 is 10.1 Å². The predicted octanol–water partition coefficient (Wildman–Crippen LogP) is 3.85. The summed E-state index contributed by atoms with van der Waals surface area (Å²) < 4.78 is 5.99. The van der Waals surface area contributed by atoms with Gasteiger partial charge in [-0.15, -0.1) is 0 Å². The first-order valence-corrected chi connectivity index (χ1v) is 7.00. The Bertz CT molecular complexity index is 362. The molecule has 0 fully saturated rings. The molecule has 0 spiro atoms. The Balaban J connectivity index is 2.44. The van der Waals surface area contributed by atoms with Crippen LogP contribution in [0, 0.1) is 13.8 Å². The molecule has 18 heavy (non-hydrogen) atoms. The van der Waals surface area contributed by atoms with Gasteiger partial charge >= 0.3 is 0 Å². The van der Waals surface area contributed by atoms with E-state index >= 15 is 0 Å². The van der Waals surface area contributed by atoms with Gasteiger partial charge < -0.3 is 10.1 Å². The van der Waals surface area contributed by atoms with Crippen molar-refractivity contribution in [2.24, 2.45) is 0 Å². The summed E-state index contributed by atoms with van der Waals surface area (Å²) in [5.74, 6) is 1.01. The van der Waals surface area contributed by atoms with Gasteiger partial charge in [-0.3, -0.25) is 0 Å². The highest BCUT2D eigenvalue weighted by molar-refractivity contribution is 5.38. The fraction of sp³-hybridized carbons (Fsp3) is 0.625. The monoisotopic (exact) mass is 249 g/mol. The van der Waals surface area contributed by atoms with Gasteiger partial charge in [0.2, 0.25) is 0 Å². The van der Waals surface area contributed by atoms with E-state index in [0.29, 0.717) is 6.04 Å². The summed E-state index contributed by atoms with van der Waals surface area (Å²) in [7, 11) is 0. The Morgan fingerprint density at radius 1 is 1.22 bits per heavy atom. The van der Waals surface area contributed by atoms with Gasteiger partial charge in [-0.1, -0.05) is 25.5 Å². The number of aryl methyl sites for hydroxylation is 1. The number of benzene rings is 1. The van der Waals surface area contributed by atoms with E-state index in [9.17, 15) is 0 Å². The van der Waals surface area contributed by atoms with Crippen LogP contribution in [-0.4, -0.2) is 18.7 Å². The van der Waals surface area contributed by atoms with Crippen molar-refractivity contribution in [3.63, 3.8) is 0 Å². The molecule has 2 unspecified atom stereocenters. The van der Waals surface area contributed by atoms with Crippen LogP contribution >= 0.6 is 0 Å². The maximum atomic E-state index is 5.99. The number of hydrogen-bond acceptors (Lipinski definition) is 2. The maximum Gasteiger partial charge on any atom is 0.122 e. The molecule has 102 valence electrons. The van der Waals surface area contributed by atoms with Crippen molar-refractivity contribution in [3.05, 3.63) is 29.3 Å². The lowest BCUT2D eigenvalue weighted by Crippen LogP contribution is -2.35. The van der Waals surface area contributed by atoms with Gasteiger partial charge in [0.25, 0.3) is 0 Å². The quantitative estimate of drug-likeness (QED) is 0.792. The van der Waals surface area contributed by atoms with Crippen LogP contribution in [0.4, 0.5) is 0 Å². The molecule has 2 atom stereocenters. The molecule has 1 N–H and O–H groups in total. The van der Waals surface area contributed by atoms with Crippen molar-refractivity contribution >= 4 is 0 Å². The van der Waals surface area contributed by atoms with Crippen LogP contribution in [0.5, 0.6) is 5.75 Å². The fourth-order valence-corrected chi connectivity index (χ4v) is 2.01. The van der Waals surface area contributed by atoms with Gasteiger partial charge in [-0.25, -0.2) is 0 Å². The van der Waals surface area contributed by atoms with Crippen molar-refractivity contribution in [1.29, 1.82) is 0 Å². The topological polar surface area (TPSA) is 21.3 Å². The molecule has 2 heteroatoms. The summed E-state index contributed by atoms with van der Waals surface area (Å²) in [5, 5.41) is 3.51. The first-order chi connectivity index (χ1) is 8.54. The molecule has 1 rings (SSSR count). The van der Waals surface area contributed by atoms with Gasteiger partial charge in [0.05, 0.1) is 0 Å². The van der Waals surface area contributed by atoms with Crippen LogP contribution in [0.15, 0.2) is 18.2 Å². The Labute approximate surface area is 112 Å². The van der Waals surface area contributed by atoms with E-state index in [1.807, 2.05) is 6.07 Å². The smallest absolute Gasteiger partial charge is 0.122 e. The molecule has 0 aliphatic carbocycles. The van der Waals surface area contributed by atoms with E-state index in [4.69, 9.17) is 4.74 Å². The predicted molar refractivity (Wildman–Crippen MR) is 78.4 cm³/mol. The minimum Gasteiger partial charge on any atom is -0.489 e. The highest BCUT2D eigenvalue weighted by Crippen LogP contribution is 2.21. The van der Waals surface area contributed by atoms with E-state index in [0.717, 1.165) is 12.3 Å². The van der Waals surface area contributed by atoms with Crippen molar-refractivity contribution < 1.29 is 4.74 Å². The fourth-order valence-electron chi connectivity index (χ4n) is 2.01. The number of rotatable bonds is 7. The SMILES string of the molecule is CCCC(C)NCC(C)Oc1cccc(C)c1C. The summed E-state index contributed by atoms with van der Waals surface area (Å²) in [6.45, 7) is 11.7. The molecular weight excluding hydrogens is 222 g/mol. The normalized spacial score (nSPS) is 14.3. The molecule has 1 aromatic carbocycles. The molecule has 0 bridgehead atoms. The summed E-state index contributed by atoms with van der Waals surface area (Å²) in [6.07, 6.45) is 2.64. The zero-order valence-electron chi connectivity index (χ0n) is 12.4. The summed E-state index contributed by atoms with van der Waals surface area (Å²) in [5.41, 5.74) is 2.53. The summed E-state index contributed by atoms with van der Waals surface area (Å²) in [6, 6.07) is 6.79. The Kier molecular flexibility index (Phi) is 6.20. The lowest BCUT2D eigenvalue weighted by atomic mass is 10.1. The van der Waals surface area contributed by atoms with E-state index < -0.39 is 0 Å². The number of nitrogens with one attached hydrogen (secondary N) is 1. The maximum absolute atomic E-state index is 5.99.